The minimum atomic E-state index is -0.372. The van der Waals surface area contributed by atoms with Gasteiger partial charge in [-0.25, -0.2) is 0 Å². The van der Waals surface area contributed by atoms with E-state index in [2.05, 4.69) is 0 Å². The summed E-state index contributed by atoms with van der Waals surface area (Å²) in [6.45, 7) is 3.08. The van der Waals surface area contributed by atoms with Crippen molar-refractivity contribution < 1.29 is 9.84 Å². The van der Waals surface area contributed by atoms with E-state index in [9.17, 15) is 0 Å². The van der Waals surface area contributed by atoms with Gasteiger partial charge in [0.25, 0.3) is 0 Å². The van der Waals surface area contributed by atoms with Gasteiger partial charge in [-0.1, -0.05) is 6.08 Å². The lowest BCUT2D eigenvalue weighted by Gasteiger charge is -2.14. The summed E-state index contributed by atoms with van der Waals surface area (Å²) < 4.78 is 4.98. The first-order chi connectivity index (χ1) is 3.79. The Kier molecular flexibility index (Phi) is 1.65. The van der Waals surface area contributed by atoms with Crippen molar-refractivity contribution in [2.75, 3.05) is 13.2 Å². The predicted molar refractivity (Wildman–Crippen MR) is 30.6 cm³/mol. The van der Waals surface area contributed by atoms with Crippen LogP contribution in [0.25, 0.3) is 0 Å². The van der Waals surface area contributed by atoms with Crippen LogP contribution in [0.15, 0.2) is 11.6 Å². The second kappa shape index (κ2) is 2.29. The van der Waals surface area contributed by atoms with Gasteiger partial charge in [0.2, 0.25) is 0 Å². The summed E-state index contributed by atoms with van der Waals surface area (Å²) in [5.41, 5.74) is 1.11. The molecule has 8 heavy (non-hydrogen) atoms. The molecule has 1 aliphatic heterocycles. The van der Waals surface area contributed by atoms with Gasteiger partial charge in [0.1, 0.15) is 0 Å². The Balaban J connectivity index is 2.50. The Labute approximate surface area is 48.8 Å². The first kappa shape index (κ1) is 5.79. The van der Waals surface area contributed by atoms with Crippen molar-refractivity contribution >= 4 is 0 Å². The molecule has 46 valence electrons. The molecule has 0 saturated heterocycles. The maximum Gasteiger partial charge on any atom is 0.0957 e. The van der Waals surface area contributed by atoms with Crippen molar-refractivity contribution in [3.8, 4) is 0 Å². The summed E-state index contributed by atoms with van der Waals surface area (Å²) in [4.78, 5) is 0. The molecule has 1 heterocycles. The Bertz CT molecular complexity index is 107. The standard InChI is InChI=1S/C6H10O2/c1-5-2-6(7)4-8-3-5/h2,6-7H,3-4H2,1H3. The van der Waals surface area contributed by atoms with E-state index < -0.39 is 0 Å². The molecule has 0 bridgehead atoms. The Morgan fingerprint density at radius 1 is 1.88 bits per heavy atom. The highest BCUT2D eigenvalue weighted by Crippen LogP contribution is 2.03. The summed E-state index contributed by atoms with van der Waals surface area (Å²) in [6.07, 6.45) is 1.45. The van der Waals surface area contributed by atoms with Crippen molar-refractivity contribution in [3.05, 3.63) is 11.6 Å². The summed E-state index contributed by atoms with van der Waals surface area (Å²) in [6, 6.07) is 0. The third-order valence-corrected chi connectivity index (χ3v) is 1.10. The number of aliphatic hydroxyl groups excluding tert-OH is 1. The van der Waals surface area contributed by atoms with Crippen LogP contribution in [-0.4, -0.2) is 24.4 Å². The zero-order valence-corrected chi connectivity index (χ0v) is 4.92. The summed E-state index contributed by atoms with van der Waals surface area (Å²) in [7, 11) is 0. The average Bonchev–Trinajstić information content (AvgIpc) is 1.64. The third kappa shape index (κ3) is 1.32. The lowest BCUT2D eigenvalue weighted by molar-refractivity contribution is 0.0576. The minimum absolute atomic E-state index is 0.372. The van der Waals surface area contributed by atoms with Crippen molar-refractivity contribution in [2.24, 2.45) is 0 Å². The van der Waals surface area contributed by atoms with Crippen LogP contribution in [0, 0.1) is 0 Å². The highest BCUT2D eigenvalue weighted by molar-refractivity contribution is 5.04. The molecule has 0 aromatic carbocycles. The molecule has 2 heteroatoms. The molecule has 0 aliphatic carbocycles. The highest BCUT2D eigenvalue weighted by Gasteiger charge is 2.05. The van der Waals surface area contributed by atoms with Gasteiger partial charge in [-0.3, -0.25) is 0 Å². The van der Waals surface area contributed by atoms with E-state index in [-0.39, 0.29) is 6.10 Å². The van der Waals surface area contributed by atoms with Gasteiger partial charge in [-0.05, 0) is 12.5 Å². The third-order valence-electron chi connectivity index (χ3n) is 1.10. The molecule has 0 radical (unpaired) electrons. The molecule has 0 fully saturated rings. The van der Waals surface area contributed by atoms with Gasteiger partial charge < -0.3 is 9.84 Å². The van der Waals surface area contributed by atoms with Crippen molar-refractivity contribution in [1.29, 1.82) is 0 Å². The quantitative estimate of drug-likeness (QED) is 0.460. The summed E-state index contributed by atoms with van der Waals surface area (Å²) >= 11 is 0. The topological polar surface area (TPSA) is 29.5 Å². The second-order valence-corrected chi connectivity index (χ2v) is 2.10. The fourth-order valence-electron chi connectivity index (χ4n) is 0.765. The maximum absolute atomic E-state index is 8.88. The molecule has 0 spiro atoms. The van der Waals surface area contributed by atoms with Crippen LogP contribution < -0.4 is 0 Å². The average molecular weight is 114 g/mol. The van der Waals surface area contributed by atoms with Gasteiger partial charge >= 0.3 is 0 Å². The highest BCUT2D eigenvalue weighted by atomic mass is 16.5. The van der Waals surface area contributed by atoms with Gasteiger partial charge in [0.15, 0.2) is 0 Å². The number of hydrogen-bond donors (Lipinski definition) is 1. The fourth-order valence-corrected chi connectivity index (χ4v) is 0.765. The molecule has 0 saturated carbocycles. The predicted octanol–water partition coefficient (Wildman–Crippen LogP) is 0.324. The van der Waals surface area contributed by atoms with Crippen molar-refractivity contribution in [3.63, 3.8) is 0 Å². The van der Waals surface area contributed by atoms with Crippen LogP contribution >= 0.6 is 0 Å². The van der Waals surface area contributed by atoms with E-state index in [0.29, 0.717) is 13.2 Å². The Hall–Kier alpha value is -0.340. The van der Waals surface area contributed by atoms with Gasteiger partial charge in [-0.15, -0.1) is 0 Å². The number of hydrogen-bond acceptors (Lipinski definition) is 2. The Morgan fingerprint density at radius 3 is 3.00 bits per heavy atom. The van der Waals surface area contributed by atoms with E-state index in [0.717, 1.165) is 5.57 Å². The van der Waals surface area contributed by atoms with Crippen LogP contribution in [0.1, 0.15) is 6.92 Å². The van der Waals surface area contributed by atoms with Gasteiger partial charge in [-0.2, -0.15) is 0 Å². The van der Waals surface area contributed by atoms with E-state index in [4.69, 9.17) is 9.84 Å². The zero-order valence-electron chi connectivity index (χ0n) is 4.92. The monoisotopic (exact) mass is 114 g/mol. The molecule has 1 unspecified atom stereocenters. The molecule has 1 aliphatic rings. The molecule has 1 N–H and O–H groups in total. The van der Waals surface area contributed by atoms with Crippen molar-refractivity contribution in [1.82, 2.24) is 0 Å². The molecule has 1 atom stereocenters. The lowest BCUT2D eigenvalue weighted by atomic mass is 10.2. The zero-order chi connectivity index (χ0) is 5.98. The Morgan fingerprint density at radius 2 is 2.62 bits per heavy atom. The van der Waals surface area contributed by atoms with Gasteiger partial charge in [0, 0.05) is 0 Å². The first-order valence-electron chi connectivity index (χ1n) is 2.72. The minimum Gasteiger partial charge on any atom is -0.387 e. The van der Waals surface area contributed by atoms with E-state index in [1.807, 2.05) is 13.0 Å². The smallest absolute Gasteiger partial charge is 0.0957 e. The number of ether oxygens (including phenoxy) is 1. The lowest BCUT2D eigenvalue weighted by Crippen LogP contribution is -2.18. The molecular weight excluding hydrogens is 104 g/mol. The van der Waals surface area contributed by atoms with E-state index in [1.54, 1.807) is 0 Å². The molecule has 0 amide bonds. The number of rotatable bonds is 0. The summed E-state index contributed by atoms with van der Waals surface area (Å²) in [5.74, 6) is 0. The number of aliphatic hydroxyl groups is 1. The molecule has 0 aromatic rings. The fraction of sp³-hybridized carbons (Fsp3) is 0.667. The molecular formula is C6H10O2. The maximum atomic E-state index is 8.88. The normalized spacial score (nSPS) is 29.8. The van der Waals surface area contributed by atoms with Crippen LogP contribution in [0.4, 0.5) is 0 Å². The molecule has 0 aromatic heterocycles. The van der Waals surface area contributed by atoms with Crippen LogP contribution in [0.3, 0.4) is 0 Å². The SMILES string of the molecule is CC1=CC(O)COC1. The second-order valence-electron chi connectivity index (χ2n) is 2.10. The largest absolute Gasteiger partial charge is 0.387 e. The van der Waals surface area contributed by atoms with E-state index in [1.165, 1.54) is 0 Å². The summed E-state index contributed by atoms with van der Waals surface area (Å²) in [5, 5.41) is 8.88. The first-order valence-corrected chi connectivity index (χ1v) is 2.72. The van der Waals surface area contributed by atoms with Crippen molar-refractivity contribution in [2.45, 2.75) is 13.0 Å². The van der Waals surface area contributed by atoms with E-state index >= 15 is 0 Å². The van der Waals surface area contributed by atoms with Gasteiger partial charge in [0.05, 0.1) is 19.3 Å². The molecule has 2 nitrogen and oxygen atoms in total. The van der Waals surface area contributed by atoms with Crippen LogP contribution in [0.2, 0.25) is 0 Å². The van der Waals surface area contributed by atoms with Crippen LogP contribution in [-0.2, 0) is 4.74 Å². The molecule has 1 rings (SSSR count). The van der Waals surface area contributed by atoms with Crippen LogP contribution in [0.5, 0.6) is 0 Å².